The third kappa shape index (κ3) is 2.41. The number of fused-ring (bicyclic) bond motifs is 2. The van der Waals surface area contributed by atoms with Crippen molar-refractivity contribution in [3.63, 3.8) is 0 Å². The fraction of sp³-hybridized carbons (Fsp3) is 0.333. The van der Waals surface area contributed by atoms with Crippen LogP contribution in [-0.4, -0.2) is 48.1 Å². The van der Waals surface area contributed by atoms with Gasteiger partial charge in [-0.25, -0.2) is 19.5 Å². The molecular formula is C18H20N8. The molecule has 0 radical (unpaired) electrons. The van der Waals surface area contributed by atoms with Crippen molar-refractivity contribution in [1.29, 1.82) is 0 Å². The van der Waals surface area contributed by atoms with E-state index in [0.717, 1.165) is 35.2 Å². The van der Waals surface area contributed by atoms with Crippen LogP contribution >= 0.6 is 0 Å². The zero-order valence-electron chi connectivity index (χ0n) is 14.7. The molecule has 132 valence electrons. The van der Waals surface area contributed by atoms with E-state index < -0.39 is 0 Å². The fourth-order valence-electron chi connectivity index (χ4n) is 3.49. The maximum atomic E-state index is 4.60. The van der Waals surface area contributed by atoms with E-state index in [1.54, 1.807) is 0 Å². The minimum Gasteiger partial charge on any atom is -0.350 e. The maximum Gasteiger partial charge on any atom is 0.241 e. The minimum absolute atomic E-state index is 0.441. The molecule has 1 fully saturated rings. The molecular weight excluding hydrogens is 328 g/mol. The summed E-state index contributed by atoms with van der Waals surface area (Å²) in [5.74, 6) is 1.37. The zero-order valence-corrected chi connectivity index (χ0v) is 14.7. The molecule has 4 heterocycles. The van der Waals surface area contributed by atoms with Crippen LogP contribution in [0.1, 0.15) is 18.5 Å². The fourth-order valence-corrected chi connectivity index (χ4v) is 3.49. The van der Waals surface area contributed by atoms with Gasteiger partial charge in [-0.15, -0.1) is 5.10 Å². The Bertz CT molecular complexity index is 1090. The minimum atomic E-state index is 0.441. The van der Waals surface area contributed by atoms with Crippen LogP contribution in [0.3, 0.4) is 0 Å². The highest BCUT2D eigenvalue weighted by Gasteiger charge is 2.28. The predicted octanol–water partition coefficient (Wildman–Crippen LogP) is 1.91. The third-order valence-corrected chi connectivity index (χ3v) is 5.16. The highest BCUT2D eigenvalue weighted by Crippen LogP contribution is 2.26. The molecule has 5 rings (SSSR count). The van der Waals surface area contributed by atoms with Crippen LogP contribution in [-0.2, 0) is 0 Å². The summed E-state index contributed by atoms with van der Waals surface area (Å²) in [6, 6.07) is 3.09. The van der Waals surface area contributed by atoms with E-state index in [1.807, 2.05) is 53.7 Å². The third-order valence-electron chi connectivity index (χ3n) is 5.16. The van der Waals surface area contributed by atoms with Crippen LogP contribution in [0.15, 0.2) is 37.1 Å². The van der Waals surface area contributed by atoms with E-state index in [0.29, 0.717) is 23.8 Å². The first-order chi connectivity index (χ1) is 12.7. The molecule has 1 aliphatic carbocycles. The lowest BCUT2D eigenvalue weighted by Crippen LogP contribution is -2.46. The Morgan fingerprint density at radius 1 is 1.08 bits per heavy atom. The first-order valence-electron chi connectivity index (χ1n) is 8.79. The SMILES string of the molecule is CNC1CC(Nc2ncc3c(-c4cnc5ncc(C)n5c4)ccn3n2)C1. The van der Waals surface area contributed by atoms with E-state index in [2.05, 4.69) is 36.9 Å². The summed E-state index contributed by atoms with van der Waals surface area (Å²) >= 11 is 0. The number of nitrogens with one attached hydrogen (secondary N) is 2. The molecule has 26 heavy (non-hydrogen) atoms. The van der Waals surface area contributed by atoms with Crippen LogP contribution in [0.4, 0.5) is 5.95 Å². The van der Waals surface area contributed by atoms with Gasteiger partial charge >= 0.3 is 0 Å². The predicted molar refractivity (Wildman–Crippen MR) is 99.2 cm³/mol. The molecule has 8 heteroatoms. The first-order valence-corrected chi connectivity index (χ1v) is 8.79. The van der Waals surface area contributed by atoms with Gasteiger partial charge in [0.2, 0.25) is 11.7 Å². The summed E-state index contributed by atoms with van der Waals surface area (Å²) in [4.78, 5) is 13.2. The van der Waals surface area contributed by atoms with Crippen molar-refractivity contribution in [3.8, 4) is 11.1 Å². The molecule has 4 aromatic rings. The van der Waals surface area contributed by atoms with Gasteiger partial charge in [0.1, 0.15) is 0 Å². The van der Waals surface area contributed by atoms with E-state index in [1.165, 1.54) is 0 Å². The largest absolute Gasteiger partial charge is 0.350 e. The molecule has 0 unspecified atom stereocenters. The van der Waals surface area contributed by atoms with Gasteiger partial charge in [-0.05, 0) is 32.9 Å². The quantitative estimate of drug-likeness (QED) is 0.586. The van der Waals surface area contributed by atoms with Crippen molar-refractivity contribution in [2.24, 2.45) is 0 Å². The number of aryl methyl sites for hydroxylation is 1. The van der Waals surface area contributed by atoms with Gasteiger partial charge in [0.25, 0.3) is 0 Å². The Morgan fingerprint density at radius 3 is 2.77 bits per heavy atom. The van der Waals surface area contributed by atoms with Gasteiger partial charge in [0.15, 0.2) is 0 Å². The second-order valence-corrected chi connectivity index (χ2v) is 6.85. The highest BCUT2D eigenvalue weighted by atomic mass is 15.3. The van der Waals surface area contributed by atoms with Crippen LogP contribution in [0.5, 0.6) is 0 Å². The monoisotopic (exact) mass is 348 g/mol. The summed E-state index contributed by atoms with van der Waals surface area (Å²) < 4.78 is 3.86. The normalized spacial score (nSPS) is 19.8. The van der Waals surface area contributed by atoms with Gasteiger partial charge in [0.05, 0.1) is 17.9 Å². The lowest BCUT2D eigenvalue weighted by atomic mass is 9.87. The highest BCUT2D eigenvalue weighted by molar-refractivity contribution is 5.79. The Kier molecular flexibility index (Phi) is 3.39. The van der Waals surface area contributed by atoms with Crippen molar-refractivity contribution in [2.75, 3.05) is 12.4 Å². The molecule has 0 amide bonds. The number of hydrogen-bond acceptors (Lipinski definition) is 6. The van der Waals surface area contributed by atoms with Crippen LogP contribution < -0.4 is 10.6 Å². The van der Waals surface area contributed by atoms with Crippen LogP contribution in [0, 0.1) is 6.92 Å². The Morgan fingerprint density at radius 2 is 1.92 bits per heavy atom. The molecule has 0 atom stereocenters. The van der Waals surface area contributed by atoms with Crippen molar-refractivity contribution < 1.29 is 0 Å². The number of hydrogen-bond donors (Lipinski definition) is 2. The molecule has 1 saturated carbocycles. The number of imidazole rings is 1. The summed E-state index contributed by atoms with van der Waals surface area (Å²) in [6.07, 6.45) is 11.7. The van der Waals surface area contributed by atoms with E-state index in [4.69, 9.17) is 0 Å². The maximum absolute atomic E-state index is 4.60. The summed E-state index contributed by atoms with van der Waals surface area (Å²) in [5.41, 5.74) is 4.08. The number of nitrogens with zero attached hydrogens (tertiary/aromatic N) is 6. The van der Waals surface area contributed by atoms with Gasteiger partial charge in [-0.3, -0.25) is 4.40 Å². The molecule has 0 aliphatic heterocycles. The summed E-state index contributed by atoms with van der Waals surface area (Å²) in [6.45, 7) is 2.02. The van der Waals surface area contributed by atoms with Gasteiger partial charge in [-0.2, -0.15) is 0 Å². The molecule has 2 N–H and O–H groups in total. The first kappa shape index (κ1) is 15.3. The molecule has 0 saturated heterocycles. The van der Waals surface area contributed by atoms with E-state index in [-0.39, 0.29) is 0 Å². The zero-order chi connectivity index (χ0) is 17.7. The lowest BCUT2D eigenvalue weighted by Gasteiger charge is -2.35. The Labute approximate surface area is 150 Å². The van der Waals surface area contributed by atoms with Gasteiger partial charge < -0.3 is 10.6 Å². The number of rotatable bonds is 4. The molecule has 4 aromatic heterocycles. The average Bonchev–Trinajstić information content (AvgIpc) is 3.21. The van der Waals surface area contributed by atoms with E-state index in [9.17, 15) is 0 Å². The summed E-state index contributed by atoms with van der Waals surface area (Å²) in [7, 11) is 2.00. The van der Waals surface area contributed by atoms with Crippen molar-refractivity contribution in [1.82, 2.24) is 34.3 Å². The Hall–Kier alpha value is -3.00. The van der Waals surface area contributed by atoms with Gasteiger partial charge in [-0.1, -0.05) is 0 Å². The van der Waals surface area contributed by atoms with Crippen LogP contribution in [0.2, 0.25) is 0 Å². The molecule has 1 aliphatic rings. The molecule has 0 spiro atoms. The second-order valence-electron chi connectivity index (χ2n) is 6.85. The van der Waals surface area contributed by atoms with E-state index >= 15 is 0 Å². The molecule has 0 bridgehead atoms. The second kappa shape index (κ2) is 5.77. The average molecular weight is 348 g/mol. The van der Waals surface area contributed by atoms with Crippen LogP contribution in [0.25, 0.3) is 22.4 Å². The van der Waals surface area contributed by atoms with Gasteiger partial charge in [0, 0.05) is 47.5 Å². The topological polar surface area (TPSA) is 84.4 Å². The number of anilines is 1. The molecule has 0 aromatic carbocycles. The number of aromatic nitrogens is 6. The standard InChI is InChI=1S/C18H20N8/c1-11-7-21-18-22-8-12(10-25(11)18)15-3-4-26-16(15)9-20-17(24-26)23-14-5-13(6-14)19-2/h3-4,7-10,13-14,19H,5-6H2,1-2H3,(H,23,24). The Balaban J connectivity index is 1.46. The van der Waals surface area contributed by atoms with Crippen molar-refractivity contribution in [3.05, 3.63) is 42.7 Å². The lowest BCUT2D eigenvalue weighted by molar-refractivity contribution is 0.325. The van der Waals surface area contributed by atoms with Crippen molar-refractivity contribution in [2.45, 2.75) is 31.8 Å². The smallest absolute Gasteiger partial charge is 0.241 e. The summed E-state index contributed by atoms with van der Waals surface area (Å²) in [5, 5.41) is 11.3. The molecule has 8 nitrogen and oxygen atoms in total. The van der Waals surface area contributed by atoms with Crippen molar-refractivity contribution >= 4 is 17.2 Å².